The maximum absolute atomic E-state index is 12.3. The summed E-state index contributed by atoms with van der Waals surface area (Å²) in [5.74, 6) is 0.280. The highest BCUT2D eigenvalue weighted by Crippen LogP contribution is 2.43. The number of rotatable bonds is 1. The van der Waals surface area contributed by atoms with Crippen LogP contribution in [0.3, 0.4) is 0 Å². The fraction of sp³-hybridized carbons (Fsp3) is 1.00. The minimum atomic E-state index is -4.47. The Balaban J connectivity index is 2.57. The van der Waals surface area contributed by atoms with Crippen molar-refractivity contribution < 1.29 is 18.3 Å². The number of aliphatic hydroxyl groups is 1. The predicted octanol–water partition coefficient (Wildman–Crippen LogP) is 2.86. The molecule has 1 fully saturated rings. The topological polar surface area (TPSA) is 20.2 Å². The molecule has 0 amide bonds. The lowest BCUT2D eigenvalue weighted by Gasteiger charge is -2.36. The van der Waals surface area contributed by atoms with Crippen LogP contribution in [0.25, 0.3) is 0 Å². The van der Waals surface area contributed by atoms with Crippen LogP contribution in [0, 0.1) is 5.92 Å². The fourth-order valence-corrected chi connectivity index (χ4v) is 2.24. The summed E-state index contributed by atoms with van der Waals surface area (Å²) in [4.78, 5) is 0. The maximum Gasteiger partial charge on any atom is 0.417 e. The Morgan fingerprint density at radius 2 is 1.77 bits per heavy atom. The minimum Gasteiger partial charge on any atom is -0.380 e. The summed E-state index contributed by atoms with van der Waals surface area (Å²) in [6.07, 6.45) is -3.90. The van der Waals surface area contributed by atoms with E-state index in [1.165, 1.54) is 0 Å². The Bertz CT molecular complexity index is 173. The van der Waals surface area contributed by atoms with Crippen molar-refractivity contribution in [2.45, 2.75) is 37.5 Å². The smallest absolute Gasteiger partial charge is 0.380 e. The lowest BCUT2D eigenvalue weighted by Crippen LogP contribution is -2.47. The van der Waals surface area contributed by atoms with Gasteiger partial charge in [-0.15, -0.1) is 0 Å². The van der Waals surface area contributed by atoms with Crippen LogP contribution in [0.15, 0.2) is 0 Å². The first-order valence-electron chi connectivity index (χ1n) is 4.24. The zero-order valence-electron chi connectivity index (χ0n) is 7.07. The standard InChI is InChI=1S/C8H12BrF3O/c9-5-6-1-3-7(13,4-2-6)8(10,11)12/h6,13H,1-5H2. The number of hydrogen-bond donors (Lipinski definition) is 1. The molecule has 1 aliphatic rings. The summed E-state index contributed by atoms with van der Waals surface area (Å²) >= 11 is 3.24. The van der Waals surface area contributed by atoms with Crippen molar-refractivity contribution >= 4 is 15.9 Å². The second-order valence-electron chi connectivity index (χ2n) is 3.63. The van der Waals surface area contributed by atoms with Crippen LogP contribution in [0.2, 0.25) is 0 Å². The van der Waals surface area contributed by atoms with E-state index in [-0.39, 0.29) is 18.8 Å². The largest absolute Gasteiger partial charge is 0.417 e. The second kappa shape index (κ2) is 3.77. The Hall–Kier alpha value is 0.230. The number of halogens is 4. The van der Waals surface area contributed by atoms with E-state index in [9.17, 15) is 18.3 Å². The third kappa shape index (κ3) is 2.37. The molecule has 0 saturated heterocycles. The lowest BCUT2D eigenvalue weighted by molar-refractivity contribution is -0.271. The molecule has 0 aromatic rings. The predicted molar refractivity (Wildman–Crippen MR) is 46.8 cm³/mol. The average Bonchev–Trinajstić information content (AvgIpc) is 2.04. The Morgan fingerprint density at radius 3 is 2.08 bits per heavy atom. The van der Waals surface area contributed by atoms with E-state index in [2.05, 4.69) is 15.9 Å². The summed E-state index contributed by atoms with van der Waals surface area (Å²) in [5, 5.41) is 10.0. The first-order valence-corrected chi connectivity index (χ1v) is 5.36. The minimum absolute atomic E-state index is 0.160. The maximum atomic E-state index is 12.3. The Kier molecular flexibility index (Phi) is 3.28. The summed E-state index contributed by atoms with van der Waals surface area (Å²) < 4.78 is 36.9. The second-order valence-corrected chi connectivity index (χ2v) is 4.27. The van der Waals surface area contributed by atoms with E-state index < -0.39 is 11.8 Å². The molecule has 0 bridgehead atoms. The van der Waals surface area contributed by atoms with Gasteiger partial charge in [0.05, 0.1) is 0 Å². The molecule has 0 spiro atoms. The van der Waals surface area contributed by atoms with Gasteiger partial charge in [0.15, 0.2) is 5.60 Å². The molecular formula is C8H12BrF3O. The van der Waals surface area contributed by atoms with Gasteiger partial charge in [0, 0.05) is 5.33 Å². The summed E-state index contributed by atoms with van der Waals surface area (Å²) in [6, 6.07) is 0. The highest BCUT2D eigenvalue weighted by molar-refractivity contribution is 9.09. The van der Waals surface area contributed by atoms with Gasteiger partial charge in [-0.25, -0.2) is 0 Å². The van der Waals surface area contributed by atoms with E-state index in [0.717, 1.165) is 5.33 Å². The Morgan fingerprint density at radius 1 is 1.31 bits per heavy atom. The Labute approximate surface area is 83.4 Å². The fourth-order valence-electron chi connectivity index (χ4n) is 1.59. The van der Waals surface area contributed by atoms with Gasteiger partial charge >= 0.3 is 6.18 Å². The SMILES string of the molecule is OC1(C(F)(F)F)CCC(CBr)CC1. The zero-order chi connectivity index (χ0) is 10.1. The van der Waals surface area contributed by atoms with Gasteiger partial charge in [0.2, 0.25) is 0 Å². The summed E-state index contributed by atoms with van der Waals surface area (Å²) in [7, 11) is 0. The van der Waals surface area contributed by atoms with Crippen molar-refractivity contribution in [2.24, 2.45) is 5.92 Å². The zero-order valence-corrected chi connectivity index (χ0v) is 8.66. The highest BCUT2D eigenvalue weighted by Gasteiger charge is 2.54. The quantitative estimate of drug-likeness (QED) is 0.719. The molecule has 78 valence electrons. The van der Waals surface area contributed by atoms with Crippen LogP contribution in [0.1, 0.15) is 25.7 Å². The van der Waals surface area contributed by atoms with Crippen LogP contribution in [0.5, 0.6) is 0 Å². The van der Waals surface area contributed by atoms with Crippen LogP contribution >= 0.6 is 15.9 Å². The molecule has 0 aromatic carbocycles. The van der Waals surface area contributed by atoms with Gasteiger partial charge in [0.1, 0.15) is 0 Å². The molecular weight excluding hydrogens is 249 g/mol. The van der Waals surface area contributed by atoms with Crippen LogP contribution in [-0.2, 0) is 0 Å². The molecule has 1 rings (SSSR count). The summed E-state index contributed by atoms with van der Waals surface area (Å²) in [6.45, 7) is 0. The molecule has 1 saturated carbocycles. The van der Waals surface area contributed by atoms with Gasteiger partial charge in [-0.05, 0) is 31.6 Å². The molecule has 0 atom stereocenters. The molecule has 1 N–H and O–H groups in total. The van der Waals surface area contributed by atoms with Crippen LogP contribution < -0.4 is 0 Å². The van der Waals surface area contributed by atoms with Gasteiger partial charge in [-0.1, -0.05) is 15.9 Å². The van der Waals surface area contributed by atoms with Gasteiger partial charge < -0.3 is 5.11 Å². The molecule has 0 aliphatic heterocycles. The van der Waals surface area contributed by atoms with E-state index >= 15 is 0 Å². The van der Waals surface area contributed by atoms with Crippen LogP contribution in [0.4, 0.5) is 13.2 Å². The van der Waals surface area contributed by atoms with Crippen molar-refractivity contribution in [1.82, 2.24) is 0 Å². The number of alkyl halides is 4. The van der Waals surface area contributed by atoms with Crippen molar-refractivity contribution in [2.75, 3.05) is 5.33 Å². The molecule has 0 unspecified atom stereocenters. The summed E-state index contributed by atoms with van der Waals surface area (Å²) in [5.41, 5.74) is -2.42. The molecule has 0 heterocycles. The van der Waals surface area contributed by atoms with Gasteiger partial charge in [-0.2, -0.15) is 13.2 Å². The van der Waals surface area contributed by atoms with Crippen molar-refractivity contribution in [3.63, 3.8) is 0 Å². The van der Waals surface area contributed by atoms with Gasteiger partial charge in [-0.3, -0.25) is 0 Å². The van der Waals surface area contributed by atoms with E-state index in [4.69, 9.17) is 0 Å². The third-order valence-corrected chi connectivity index (χ3v) is 3.59. The molecule has 13 heavy (non-hydrogen) atoms. The van der Waals surface area contributed by atoms with Crippen LogP contribution in [-0.4, -0.2) is 22.2 Å². The van der Waals surface area contributed by atoms with E-state index in [1.807, 2.05) is 0 Å². The van der Waals surface area contributed by atoms with Crippen molar-refractivity contribution in [3.8, 4) is 0 Å². The normalized spacial score (nSPS) is 36.2. The first kappa shape index (κ1) is 11.3. The first-order chi connectivity index (χ1) is 5.89. The van der Waals surface area contributed by atoms with E-state index in [0.29, 0.717) is 12.8 Å². The molecule has 1 nitrogen and oxygen atoms in total. The lowest BCUT2D eigenvalue weighted by atomic mass is 9.79. The van der Waals surface area contributed by atoms with E-state index in [1.54, 1.807) is 0 Å². The van der Waals surface area contributed by atoms with Gasteiger partial charge in [0.25, 0.3) is 0 Å². The number of hydrogen-bond acceptors (Lipinski definition) is 1. The third-order valence-electron chi connectivity index (χ3n) is 2.68. The highest BCUT2D eigenvalue weighted by atomic mass is 79.9. The van der Waals surface area contributed by atoms with Crippen molar-refractivity contribution in [3.05, 3.63) is 0 Å². The van der Waals surface area contributed by atoms with Crippen molar-refractivity contribution in [1.29, 1.82) is 0 Å². The monoisotopic (exact) mass is 260 g/mol. The molecule has 5 heteroatoms. The average molecular weight is 261 g/mol. The molecule has 0 radical (unpaired) electrons. The molecule has 0 aromatic heterocycles. The molecule has 1 aliphatic carbocycles.